The van der Waals surface area contributed by atoms with Crippen molar-refractivity contribution in [3.63, 3.8) is 0 Å². The minimum atomic E-state index is 0.428. The molecule has 1 heterocycles. The molecule has 2 rings (SSSR count). The van der Waals surface area contributed by atoms with Crippen molar-refractivity contribution in [3.05, 3.63) is 28.2 Å². The Labute approximate surface area is 99.1 Å². The van der Waals surface area contributed by atoms with E-state index >= 15 is 0 Å². The summed E-state index contributed by atoms with van der Waals surface area (Å²) in [6.45, 7) is 3.38. The van der Waals surface area contributed by atoms with Crippen LogP contribution in [-0.4, -0.2) is 13.7 Å². The van der Waals surface area contributed by atoms with Crippen molar-refractivity contribution < 1.29 is 4.74 Å². The van der Waals surface area contributed by atoms with Crippen LogP contribution in [0.3, 0.4) is 0 Å². The molecule has 1 aromatic rings. The standard InChI is InChI=1S/C12H16BrNO/c1-8-5-6-14-12(8)10-7-9(13)3-4-11(10)15-2/h3-4,7-8,12,14H,5-6H2,1-2H3. The van der Waals surface area contributed by atoms with Crippen molar-refractivity contribution in [3.8, 4) is 5.75 Å². The first-order chi connectivity index (χ1) is 7.22. The second-order valence-electron chi connectivity index (χ2n) is 4.08. The van der Waals surface area contributed by atoms with Gasteiger partial charge >= 0.3 is 0 Å². The van der Waals surface area contributed by atoms with Gasteiger partial charge in [0.2, 0.25) is 0 Å². The Morgan fingerprint density at radius 2 is 2.27 bits per heavy atom. The number of benzene rings is 1. The van der Waals surface area contributed by atoms with E-state index in [0.29, 0.717) is 12.0 Å². The SMILES string of the molecule is COc1ccc(Br)cc1C1NCCC1C. The van der Waals surface area contributed by atoms with Gasteiger partial charge in [-0.15, -0.1) is 0 Å². The third-order valence-corrected chi connectivity index (χ3v) is 3.55. The molecule has 0 saturated carbocycles. The molecule has 0 amide bonds. The molecule has 1 aliphatic heterocycles. The van der Waals surface area contributed by atoms with Crippen LogP contribution >= 0.6 is 15.9 Å². The highest BCUT2D eigenvalue weighted by atomic mass is 79.9. The first-order valence-corrected chi connectivity index (χ1v) is 6.08. The van der Waals surface area contributed by atoms with Crippen molar-refractivity contribution in [1.29, 1.82) is 0 Å². The van der Waals surface area contributed by atoms with Gasteiger partial charge in [0.15, 0.2) is 0 Å². The molecular weight excluding hydrogens is 254 g/mol. The van der Waals surface area contributed by atoms with Crippen LogP contribution < -0.4 is 10.1 Å². The topological polar surface area (TPSA) is 21.3 Å². The Balaban J connectivity index is 2.36. The molecule has 2 unspecified atom stereocenters. The Morgan fingerprint density at radius 3 is 2.87 bits per heavy atom. The van der Waals surface area contributed by atoms with E-state index in [2.05, 4.69) is 34.2 Å². The van der Waals surface area contributed by atoms with Crippen LogP contribution in [0.2, 0.25) is 0 Å². The zero-order chi connectivity index (χ0) is 10.8. The highest BCUT2D eigenvalue weighted by Crippen LogP contribution is 2.36. The predicted molar refractivity (Wildman–Crippen MR) is 65.2 cm³/mol. The van der Waals surface area contributed by atoms with Gasteiger partial charge in [0.1, 0.15) is 5.75 Å². The van der Waals surface area contributed by atoms with E-state index in [1.54, 1.807) is 7.11 Å². The fourth-order valence-corrected chi connectivity index (χ4v) is 2.58. The molecule has 2 atom stereocenters. The fourth-order valence-electron chi connectivity index (χ4n) is 2.20. The zero-order valence-electron chi connectivity index (χ0n) is 9.09. The van der Waals surface area contributed by atoms with Crippen LogP contribution in [0.4, 0.5) is 0 Å². The van der Waals surface area contributed by atoms with Gasteiger partial charge in [-0.05, 0) is 37.1 Å². The van der Waals surface area contributed by atoms with Crippen molar-refractivity contribution >= 4 is 15.9 Å². The lowest BCUT2D eigenvalue weighted by molar-refractivity contribution is 0.394. The fraction of sp³-hybridized carbons (Fsp3) is 0.500. The highest BCUT2D eigenvalue weighted by Gasteiger charge is 2.26. The van der Waals surface area contributed by atoms with E-state index < -0.39 is 0 Å². The number of nitrogens with one attached hydrogen (secondary N) is 1. The van der Waals surface area contributed by atoms with Gasteiger partial charge in [0, 0.05) is 16.1 Å². The third-order valence-electron chi connectivity index (χ3n) is 3.06. The quantitative estimate of drug-likeness (QED) is 0.891. The lowest BCUT2D eigenvalue weighted by atomic mass is 9.95. The molecule has 3 heteroatoms. The average Bonchev–Trinajstić information content (AvgIpc) is 2.64. The summed E-state index contributed by atoms with van der Waals surface area (Å²) in [5, 5.41) is 3.52. The van der Waals surface area contributed by atoms with E-state index in [4.69, 9.17) is 4.74 Å². The summed E-state index contributed by atoms with van der Waals surface area (Å²) in [4.78, 5) is 0. The molecule has 0 radical (unpaired) electrons. The van der Waals surface area contributed by atoms with Gasteiger partial charge in [-0.3, -0.25) is 0 Å². The van der Waals surface area contributed by atoms with Gasteiger partial charge in [-0.25, -0.2) is 0 Å². The Kier molecular flexibility index (Phi) is 3.32. The first kappa shape index (κ1) is 11.0. The lowest BCUT2D eigenvalue weighted by Gasteiger charge is -2.19. The average molecular weight is 270 g/mol. The summed E-state index contributed by atoms with van der Waals surface area (Å²) in [7, 11) is 1.73. The van der Waals surface area contributed by atoms with E-state index in [1.807, 2.05) is 12.1 Å². The molecule has 1 fully saturated rings. The second-order valence-corrected chi connectivity index (χ2v) is 5.00. The molecule has 1 saturated heterocycles. The number of hydrogen-bond acceptors (Lipinski definition) is 2. The van der Waals surface area contributed by atoms with E-state index in [0.717, 1.165) is 16.8 Å². The number of ether oxygens (including phenoxy) is 1. The van der Waals surface area contributed by atoms with Crippen molar-refractivity contribution in [2.45, 2.75) is 19.4 Å². The summed E-state index contributed by atoms with van der Waals surface area (Å²) < 4.78 is 6.51. The minimum Gasteiger partial charge on any atom is -0.496 e. The highest BCUT2D eigenvalue weighted by molar-refractivity contribution is 9.10. The molecule has 82 valence electrons. The molecule has 15 heavy (non-hydrogen) atoms. The number of methoxy groups -OCH3 is 1. The molecule has 0 aliphatic carbocycles. The van der Waals surface area contributed by atoms with Crippen LogP contribution in [0.5, 0.6) is 5.75 Å². The van der Waals surface area contributed by atoms with E-state index in [9.17, 15) is 0 Å². The van der Waals surface area contributed by atoms with Crippen molar-refractivity contribution in [1.82, 2.24) is 5.32 Å². The molecule has 0 spiro atoms. The van der Waals surface area contributed by atoms with Crippen LogP contribution in [0.15, 0.2) is 22.7 Å². The van der Waals surface area contributed by atoms with Crippen LogP contribution in [-0.2, 0) is 0 Å². The Bertz CT molecular complexity index is 353. The maximum Gasteiger partial charge on any atom is 0.123 e. The Morgan fingerprint density at radius 1 is 1.47 bits per heavy atom. The van der Waals surface area contributed by atoms with Crippen LogP contribution in [0, 0.1) is 5.92 Å². The van der Waals surface area contributed by atoms with Gasteiger partial charge < -0.3 is 10.1 Å². The van der Waals surface area contributed by atoms with Gasteiger partial charge in [0.25, 0.3) is 0 Å². The molecule has 1 N–H and O–H groups in total. The predicted octanol–water partition coefficient (Wildman–Crippen LogP) is 3.13. The second kappa shape index (κ2) is 4.54. The molecule has 2 nitrogen and oxygen atoms in total. The maximum absolute atomic E-state index is 5.40. The number of hydrogen-bond donors (Lipinski definition) is 1. The normalized spacial score (nSPS) is 25.5. The van der Waals surface area contributed by atoms with Crippen LogP contribution in [0.25, 0.3) is 0 Å². The summed E-state index contributed by atoms with van der Waals surface area (Å²) in [5.74, 6) is 1.65. The summed E-state index contributed by atoms with van der Waals surface area (Å²) in [6, 6.07) is 6.62. The molecule has 1 aliphatic rings. The lowest BCUT2D eigenvalue weighted by Crippen LogP contribution is -2.17. The molecule has 0 bridgehead atoms. The summed E-state index contributed by atoms with van der Waals surface area (Å²) >= 11 is 3.51. The van der Waals surface area contributed by atoms with E-state index in [1.165, 1.54) is 12.0 Å². The minimum absolute atomic E-state index is 0.428. The summed E-state index contributed by atoms with van der Waals surface area (Å²) in [5.41, 5.74) is 1.26. The molecule has 0 aromatic heterocycles. The van der Waals surface area contributed by atoms with Crippen molar-refractivity contribution in [2.75, 3.05) is 13.7 Å². The molecule has 1 aromatic carbocycles. The first-order valence-electron chi connectivity index (χ1n) is 5.29. The maximum atomic E-state index is 5.40. The van der Waals surface area contributed by atoms with Gasteiger partial charge in [-0.1, -0.05) is 22.9 Å². The monoisotopic (exact) mass is 269 g/mol. The smallest absolute Gasteiger partial charge is 0.123 e. The molecular formula is C12H16BrNO. The Hall–Kier alpha value is -0.540. The largest absolute Gasteiger partial charge is 0.496 e. The van der Waals surface area contributed by atoms with Gasteiger partial charge in [0.05, 0.1) is 7.11 Å². The van der Waals surface area contributed by atoms with Crippen molar-refractivity contribution in [2.24, 2.45) is 5.92 Å². The van der Waals surface area contributed by atoms with Crippen LogP contribution in [0.1, 0.15) is 24.9 Å². The van der Waals surface area contributed by atoms with Gasteiger partial charge in [-0.2, -0.15) is 0 Å². The zero-order valence-corrected chi connectivity index (χ0v) is 10.7. The summed E-state index contributed by atoms with van der Waals surface area (Å²) in [6.07, 6.45) is 1.24. The van der Waals surface area contributed by atoms with E-state index in [-0.39, 0.29) is 0 Å². The number of rotatable bonds is 2. The third kappa shape index (κ3) is 2.18. The number of halogens is 1.